The molecule has 1 aromatic heterocycles. The van der Waals surface area contributed by atoms with E-state index < -0.39 is 0 Å². The number of nitrogens with one attached hydrogen (secondary N) is 1. The Bertz CT molecular complexity index is 1010. The molecule has 1 fully saturated rings. The molecular formula is C20H16N2O5S. The van der Waals surface area contributed by atoms with E-state index in [2.05, 4.69) is 10.3 Å². The Morgan fingerprint density at radius 2 is 1.82 bits per heavy atom. The molecule has 1 N–H and O–H groups in total. The molecule has 0 spiro atoms. The summed E-state index contributed by atoms with van der Waals surface area (Å²) in [6, 6.07) is 14.8. The quantitative estimate of drug-likeness (QED) is 0.477. The van der Waals surface area contributed by atoms with Crippen LogP contribution in [0.25, 0.3) is 17.2 Å². The number of hydrogen-bond acceptors (Lipinski definition) is 7. The van der Waals surface area contributed by atoms with E-state index in [1.165, 1.54) is 0 Å². The van der Waals surface area contributed by atoms with Crippen molar-refractivity contribution in [2.45, 2.75) is 6.42 Å². The fraction of sp³-hybridized carbons (Fsp3) is 0.150. The molecule has 0 aliphatic carbocycles. The van der Waals surface area contributed by atoms with Crippen molar-refractivity contribution in [2.75, 3.05) is 13.2 Å². The molecule has 2 amide bonds. The van der Waals surface area contributed by atoms with Gasteiger partial charge < -0.3 is 13.9 Å². The molecule has 1 saturated heterocycles. The second-order valence-corrected chi connectivity index (χ2v) is 6.93. The van der Waals surface area contributed by atoms with Gasteiger partial charge in [0.2, 0.25) is 0 Å². The van der Waals surface area contributed by atoms with Gasteiger partial charge in [-0.25, -0.2) is 0 Å². The van der Waals surface area contributed by atoms with Crippen molar-refractivity contribution in [3.8, 4) is 11.8 Å². The molecule has 8 heteroatoms. The largest absolute Gasteiger partial charge is 0.493 e. The van der Waals surface area contributed by atoms with Crippen molar-refractivity contribution >= 4 is 40.1 Å². The lowest BCUT2D eigenvalue weighted by atomic mass is 10.2. The number of imide groups is 1. The lowest BCUT2D eigenvalue weighted by Crippen LogP contribution is -2.17. The van der Waals surface area contributed by atoms with Gasteiger partial charge in [0, 0.05) is 6.42 Å². The van der Waals surface area contributed by atoms with Gasteiger partial charge in [-0.15, -0.1) is 0 Å². The predicted molar refractivity (Wildman–Crippen MR) is 105 cm³/mol. The fourth-order valence-electron chi connectivity index (χ4n) is 2.55. The average molecular weight is 396 g/mol. The lowest BCUT2D eigenvalue weighted by Gasteiger charge is -2.06. The van der Waals surface area contributed by atoms with Crippen LogP contribution in [0, 0.1) is 0 Å². The van der Waals surface area contributed by atoms with Gasteiger partial charge in [0.25, 0.3) is 11.1 Å². The maximum absolute atomic E-state index is 11.5. The number of para-hydroxylation sites is 2. The van der Waals surface area contributed by atoms with Gasteiger partial charge in [-0.3, -0.25) is 14.9 Å². The summed E-state index contributed by atoms with van der Waals surface area (Å²) in [7, 11) is 0. The van der Waals surface area contributed by atoms with Gasteiger partial charge in [0.15, 0.2) is 5.58 Å². The minimum atomic E-state index is -0.366. The fourth-order valence-corrected chi connectivity index (χ4v) is 3.24. The van der Waals surface area contributed by atoms with Crippen LogP contribution in [0.15, 0.2) is 57.9 Å². The number of fused-ring (bicyclic) bond motifs is 1. The predicted octanol–water partition coefficient (Wildman–Crippen LogP) is 4.00. The Labute approximate surface area is 164 Å². The van der Waals surface area contributed by atoms with Crippen LogP contribution in [0.3, 0.4) is 0 Å². The molecule has 0 bridgehead atoms. The number of carbonyl (C=O) groups excluding carboxylic acids is 2. The van der Waals surface area contributed by atoms with E-state index in [1.54, 1.807) is 6.08 Å². The highest BCUT2D eigenvalue weighted by Crippen LogP contribution is 2.26. The zero-order valence-corrected chi connectivity index (χ0v) is 15.5. The van der Waals surface area contributed by atoms with Crippen molar-refractivity contribution in [1.29, 1.82) is 0 Å². The molecule has 2 heterocycles. The maximum Gasteiger partial charge on any atom is 0.394 e. The minimum absolute atomic E-state index is 0.255. The smallest absolute Gasteiger partial charge is 0.394 e. The number of hydrogen-bond donors (Lipinski definition) is 1. The molecule has 7 nitrogen and oxygen atoms in total. The van der Waals surface area contributed by atoms with E-state index in [1.807, 2.05) is 48.5 Å². The molecule has 1 aliphatic rings. The first kappa shape index (κ1) is 18.1. The van der Waals surface area contributed by atoms with E-state index in [9.17, 15) is 9.59 Å². The first-order chi connectivity index (χ1) is 13.7. The summed E-state index contributed by atoms with van der Waals surface area (Å²) in [4.78, 5) is 27.3. The summed E-state index contributed by atoms with van der Waals surface area (Å²) < 4.78 is 16.7. The number of thioether (sulfide) groups is 1. The van der Waals surface area contributed by atoms with Crippen molar-refractivity contribution < 1.29 is 23.5 Å². The first-order valence-corrected chi connectivity index (χ1v) is 9.45. The summed E-state index contributed by atoms with van der Waals surface area (Å²) in [5.41, 5.74) is 2.28. The van der Waals surface area contributed by atoms with Gasteiger partial charge >= 0.3 is 6.08 Å². The summed E-state index contributed by atoms with van der Waals surface area (Å²) in [5.74, 6) is 0.345. The normalized spacial score (nSPS) is 15.2. The van der Waals surface area contributed by atoms with E-state index >= 15 is 0 Å². The van der Waals surface area contributed by atoms with E-state index in [0.29, 0.717) is 35.9 Å². The average Bonchev–Trinajstić information content (AvgIpc) is 3.24. The molecule has 142 valence electrons. The number of ether oxygens (including phenoxy) is 2. The van der Waals surface area contributed by atoms with Crippen molar-refractivity contribution in [2.24, 2.45) is 0 Å². The van der Waals surface area contributed by atoms with Crippen LogP contribution >= 0.6 is 11.8 Å². The topological polar surface area (TPSA) is 90.7 Å². The number of benzene rings is 2. The Morgan fingerprint density at radius 1 is 1.04 bits per heavy atom. The van der Waals surface area contributed by atoms with Gasteiger partial charge in [0.1, 0.15) is 11.3 Å². The molecule has 2 aromatic carbocycles. The number of carbonyl (C=O) groups is 2. The molecule has 0 unspecified atom stereocenters. The molecule has 0 atom stereocenters. The number of nitrogens with zero attached hydrogens (tertiary/aromatic N) is 1. The highest BCUT2D eigenvalue weighted by atomic mass is 32.2. The number of amides is 2. The van der Waals surface area contributed by atoms with Crippen molar-refractivity contribution in [3.05, 3.63) is 59.0 Å². The zero-order chi connectivity index (χ0) is 19.3. The molecule has 28 heavy (non-hydrogen) atoms. The molecular weight excluding hydrogens is 380 g/mol. The van der Waals surface area contributed by atoms with Crippen LogP contribution in [0.4, 0.5) is 4.79 Å². The first-order valence-electron chi connectivity index (χ1n) is 8.63. The van der Waals surface area contributed by atoms with Gasteiger partial charge in [-0.1, -0.05) is 24.3 Å². The van der Waals surface area contributed by atoms with Gasteiger partial charge in [0.05, 0.1) is 18.1 Å². The van der Waals surface area contributed by atoms with Gasteiger partial charge in [-0.2, -0.15) is 4.98 Å². The molecule has 3 aromatic rings. The van der Waals surface area contributed by atoms with Crippen LogP contribution in [-0.4, -0.2) is 29.3 Å². The number of oxazole rings is 1. The highest BCUT2D eigenvalue weighted by Gasteiger charge is 2.24. The van der Waals surface area contributed by atoms with Crippen LogP contribution in [-0.2, 0) is 4.79 Å². The summed E-state index contributed by atoms with van der Waals surface area (Å²) in [6.07, 6.45) is 2.60. The number of rotatable bonds is 7. The Kier molecular flexibility index (Phi) is 5.29. The third kappa shape index (κ3) is 4.34. The zero-order valence-electron chi connectivity index (χ0n) is 14.7. The lowest BCUT2D eigenvalue weighted by molar-refractivity contribution is -0.115. The maximum atomic E-state index is 11.5. The molecule has 1 aliphatic heterocycles. The third-order valence-electron chi connectivity index (χ3n) is 3.88. The summed E-state index contributed by atoms with van der Waals surface area (Å²) in [6.45, 7) is 0.908. The van der Waals surface area contributed by atoms with Crippen molar-refractivity contribution in [1.82, 2.24) is 10.3 Å². The molecule has 0 saturated carbocycles. The summed E-state index contributed by atoms with van der Waals surface area (Å²) >= 11 is 0.895. The number of aromatic nitrogens is 1. The van der Waals surface area contributed by atoms with E-state index in [-0.39, 0.29) is 17.2 Å². The Morgan fingerprint density at radius 3 is 2.57 bits per heavy atom. The van der Waals surface area contributed by atoms with Crippen LogP contribution in [0.2, 0.25) is 0 Å². The van der Waals surface area contributed by atoms with Crippen LogP contribution in [0.1, 0.15) is 12.0 Å². The SMILES string of the molecule is O=C1NC(=O)/C(=C/c2ccc(OCCCOc3nc4ccccc4o3)cc2)S1. The van der Waals surface area contributed by atoms with Crippen LogP contribution in [0.5, 0.6) is 11.8 Å². The highest BCUT2D eigenvalue weighted by molar-refractivity contribution is 8.18. The Balaban J connectivity index is 1.22. The third-order valence-corrected chi connectivity index (χ3v) is 4.69. The minimum Gasteiger partial charge on any atom is -0.493 e. The monoisotopic (exact) mass is 396 g/mol. The van der Waals surface area contributed by atoms with Gasteiger partial charge in [-0.05, 0) is 47.7 Å². The van der Waals surface area contributed by atoms with E-state index in [0.717, 1.165) is 22.8 Å². The molecule has 4 rings (SSSR count). The Hall–Kier alpha value is -3.26. The van der Waals surface area contributed by atoms with E-state index in [4.69, 9.17) is 13.9 Å². The van der Waals surface area contributed by atoms with Crippen molar-refractivity contribution in [3.63, 3.8) is 0 Å². The standard InChI is InChI=1S/C20H16N2O5S/c23-18-17(28-19(24)22-18)12-13-6-8-14(9-7-13)25-10-3-11-26-20-21-15-4-1-2-5-16(15)27-20/h1-2,4-9,12H,3,10-11H2,(H,22,23,24)/b17-12-. The second kappa shape index (κ2) is 8.18. The second-order valence-electron chi connectivity index (χ2n) is 5.92. The summed E-state index contributed by atoms with van der Waals surface area (Å²) in [5, 5.41) is 1.88. The molecule has 0 radical (unpaired) electrons. The van der Waals surface area contributed by atoms with Crippen LogP contribution < -0.4 is 14.8 Å².